The van der Waals surface area contributed by atoms with Crippen LogP contribution in [-0.4, -0.2) is 77.6 Å². The van der Waals surface area contributed by atoms with Crippen LogP contribution in [0, 0.1) is 5.82 Å². The normalized spacial score (nSPS) is 18.1. The highest BCUT2D eigenvalue weighted by Crippen LogP contribution is 2.36. The third-order valence-corrected chi connectivity index (χ3v) is 10.3. The van der Waals surface area contributed by atoms with Crippen LogP contribution in [-0.2, 0) is 12.4 Å². The van der Waals surface area contributed by atoms with E-state index in [4.69, 9.17) is 14.2 Å². The first-order valence-corrected chi connectivity index (χ1v) is 19.1. The number of halogens is 7. The van der Waals surface area contributed by atoms with E-state index >= 15 is 0 Å². The molecule has 1 N–H and O–H groups in total. The number of alkyl halides is 6. The van der Waals surface area contributed by atoms with Crippen LogP contribution in [0.2, 0.25) is 0 Å². The van der Waals surface area contributed by atoms with Crippen molar-refractivity contribution < 1.29 is 50.1 Å². The molecule has 312 valence electrons. The molecule has 2 fully saturated rings. The molecule has 4 aromatic rings. The van der Waals surface area contributed by atoms with Crippen LogP contribution in [0.1, 0.15) is 64.5 Å². The highest BCUT2D eigenvalue weighted by Gasteiger charge is 2.37. The molecule has 0 aromatic heterocycles. The van der Waals surface area contributed by atoms with E-state index < -0.39 is 29.3 Å². The molecule has 2 heterocycles. The van der Waals surface area contributed by atoms with Crippen LogP contribution in [0.15, 0.2) is 109 Å². The average Bonchev–Trinajstić information content (AvgIpc) is 3.18. The van der Waals surface area contributed by atoms with Gasteiger partial charge in [-0.1, -0.05) is 60.7 Å². The minimum atomic E-state index is -4.59. The quantitative estimate of drug-likeness (QED) is 0.161. The van der Waals surface area contributed by atoms with Crippen molar-refractivity contribution in [2.75, 3.05) is 39.4 Å². The number of aliphatic hydroxyl groups is 1. The van der Waals surface area contributed by atoms with Crippen LogP contribution in [0.25, 0.3) is 0 Å². The zero-order valence-corrected chi connectivity index (χ0v) is 32.8. The Morgan fingerprint density at radius 1 is 0.579 bits per heavy atom. The zero-order valence-electron chi connectivity index (χ0n) is 32.8. The molecule has 2 aliphatic rings. The summed E-state index contributed by atoms with van der Waals surface area (Å²) in [4.78, 5) is 4.57. The summed E-state index contributed by atoms with van der Waals surface area (Å²) < 4.78 is 105. The molecular weight excluding hydrogens is 753 g/mol. The molecule has 0 bridgehead atoms. The van der Waals surface area contributed by atoms with Crippen molar-refractivity contribution in [1.82, 2.24) is 9.80 Å². The van der Waals surface area contributed by atoms with Gasteiger partial charge in [0.05, 0.1) is 17.7 Å². The molecule has 0 radical (unpaired) electrons. The lowest BCUT2D eigenvalue weighted by molar-refractivity contribution is -0.140. The SMILES string of the molecule is CC(CO)N1CCC(C)(Oc2ccccc2)CC1.CC(COc1ccccc1C(F)(F)F)N1CCC(C)(Oc2ccccc2)CC1.Fc1ccccc1C(F)(F)F. The van der Waals surface area contributed by atoms with Gasteiger partial charge in [0, 0.05) is 38.3 Å². The van der Waals surface area contributed by atoms with Crippen molar-refractivity contribution in [3.8, 4) is 17.2 Å². The number of nitrogens with zero attached hydrogens (tertiary/aromatic N) is 2. The van der Waals surface area contributed by atoms with E-state index in [0.717, 1.165) is 81.6 Å². The first kappa shape index (κ1) is 45.4. The molecule has 13 heteroatoms. The second-order valence-electron chi connectivity index (χ2n) is 15.0. The fourth-order valence-electron chi connectivity index (χ4n) is 6.57. The fraction of sp³-hybridized carbons (Fsp3) is 0.455. The molecule has 0 saturated carbocycles. The molecular formula is C44H53F7N2O4. The Morgan fingerprint density at radius 3 is 1.37 bits per heavy atom. The third-order valence-electron chi connectivity index (χ3n) is 10.3. The van der Waals surface area contributed by atoms with Crippen LogP contribution >= 0.6 is 0 Å². The first-order chi connectivity index (χ1) is 26.9. The van der Waals surface area contributed by atoms with Crippen LogP contribution in [0.3, 0.4) is 0 Å². The molecule has 2 aliphatic heterocycles. The van der Waals surface area contributed by atoms with Gasteiger partial charge in [-0.2, -0.15) is 26.3 Å². The largest absolute Gasteiger partial charge is 0.491 e. The van der Waals surface area contributed by atoms with Crippen molar-refractivity contribution in [2.45, 2.75) is 89.0 Å². The lowest BCUT2D eigenvalue weighted by atomic mass is 9.92. The Hall–Kier alpha value is -4.33. The van der Waals surface area contributed by atoms with E-state index in [-0.39, 0.29) is 42.2 Å². The topological polar surface area (TPSA) is 54.4 Å². The van der Waals surface area contributed by atoms with Gasteiger partial charge >= 0.3 is 12.4 Å². The number of hydrogen-bond donors (Lipinski definition) is 1. The summed E-state index contributed by atoms with van der Waals surface area (Å²) in [5.41, 5.74) is -2.27. The van der Waals surface area contributed by atoms with E-state index in [2.05, 4.69) is 30.6 Å². The maximum absolute atomic E-state index is 13.1. The summed E-state index contributed by atoms with van der Waals surface area (Å²) in [7, 11) is 0. The van der Waals surface area contributed by atoms with Gasteiger partial charge in [0.15, 0.2) is 0 Å². The summed E-state index contributed by atoms with van der Waals surface area (Å²) in [6.07, 6.45) is -5.29. The molecule has 0 aliphatic carbocycles. The summed E-state index contributed by atoms with van der Waals surface area (Å²) in [5.74, 6) is 0.457. The molecule has 2 atom stereocenters. The zero-order chi connectivity index (χ0) is 41.7. The maximum Gasteiger partial charge on any atom is 0.419 e. The number of piperidine rings is 2. The summed E-state index contributed by atoms with van der Waals surface area (Å²) in [6, 6.07) is 29.2. The minimum Gasteiger partial charge on any atom is -0.491 e. The highest BCUT2D eigenvalue weighted by atomic mass is 19.4. The Bertz CT molecular complexity index is 1760. The Morgan fingerprint density at radius 2 is 0.965 bits per heavy atom. The van der Waals surface area contributed by atoms with Gasteiger partial charge in [0.25, 0.3) is 0 Å². The molecule has 57 heavy (non-hydrogen) atoms. The van der Waals surface area contributed by atoms with Gasteiger partial charge in [-0.15, -0.1) is 0 Å². The fourth-order valence-corrected chi connectivity index (χ4v) is 6.57. The number of para-hydroxylation sites is 3. The molecule has 0 spiro atoms. The van der Waals surface area contributed by atoms with E-state index in [0.29, 0.717) is 6.07 Å². The highest BCUT2D eigenvalue weighted by molar-refractivity contribution is 5.35. The lowest BCUT2D eigenvalue weighted by Crippen LogP contribution is -2.50. The van der Waals surface area contributed by atoms with E-state index in [1.165, 1.54) is 18.2 Å². The third kappa shape index (κ3) is 14.2. The number of benzene rings is 4. The van der Waals surface area contributed by atoms with Gasteiger partial charge in [-0.25, -0.2) is 4.39 Å². The van der Waals surface area contributed by atoms with Gasteiger partial charge < -0.3 is 19.3 Å². The molecule has 4 aromatic carbocycles. The second-order valence-corrected chi connectivity index (χ2v) is 15.0. The van der Waals surface area contributed by atoms with Crippen LogP contribution < -0.4 is 14.2 Å². The second kappa shape index (κ2) is 20.4. The predicted molar refractivity (Wildman–Crippen MR) is 207 cm³/mol. The molecule has 6 nitrogen and oxygen atoms in total. The van der Waals surface area contributed by atoms with Crippen molar-refractivity contribution in [3.05, 3.63) is 126 Å². The van der Waals surface area contributed by atoms with E-state index in [9.17, 15) is 35.8 Å². The van der Waals surface area contributed by atoms with Gasteiger partial charge in [0.1, 0.15) is 40.9 Å². The summed E-state index contributed by atoms with van der Waals surface area (Å²) in [6.45, 7) is 12.4. The number of ether oxygens (including phenoxy) is 3. The van der Waals surface area contributed by atoms with E-state index in [1.54, 1.807) is 6.07 Å². The molecule has 2 saturated heterocycles. The number of hydrogen-bond acceptors (Lipinski definition) is 6. The van der Waals surface area contributed by atoms with Gasteiger partial charge in [-0.05, 0) is 102 Å². The Labute approximate surface area is 331 Å². The number of rotatable bonds is 10. The monoisotopic (exact) mass is 806 g/mol. The van der Waals surface area contributed by atoms with E-state index in [1.807, 2.05) is 67.6 Å². The average molecular weight is 807 g/mol. The standard InChI is InChI=1S/C22H26F3NO2.C15H23NO2.C7H4F4/c1-17(16-27-20-11-7-6-10-19(20)22(23,24)25)26-14-12-21(2,13-15-26)28-18-8-4-3-5-9-18;1-13(12-17)16-10-8-15(2,9-11-16)18-14-6-4-3-5-7-14;8-6-4-2-1-3-5(6)7(9,10)11/h3-11,17H,12-16H2,1-2H3;3-7,13,17H,8-12H2,1-2H3;1-4H. The minimum absolute atomic E-state index is 0.0163. The number of likely N-dealkylation sites (tertiary alicyclic amines) is 2. The summed E-state index contributed by atoms with van der Waals surface area (Å²) >= 11 is 0. The molecule has 6 rings (SSSR count). The first-order valence-electron chi connectivity index (χ1n) is 19.1. The van der Waals surface area contributed by atoms with Crippen molar-refractivity contribution in [1.29, 1.82) is 0 Å². The number of aliphatic hydroxyl groups excluding tert-OH is 1. The van der Waals surface area contributed by atoms with Gasteiger partial charge in [-0.3, -0.25) is 9.80 Å². The van der Waals surface area contributed by atoms with Crippen LogP contribution in [0.4, 0.5) is 30.7 Å². The summed E-state index contributed by atoms with van der Waals surface area (Å²) in [5, 5.41) is 9.18. The Kier molecular flexibility index (Phi) is 16.2. The van der Waals surface area contributed by atoms with Crippen LogP contribution in [0.5, 0.6) is 17.2 Å². The lowest BCUT2D eigenvalue weighted by Gasteiger charge is -2.41. The van der Waals surface area contributed by atoms with Crippen molar-refractivity contribution in [3.63, 3.8) is 0 Å². The molecule has 2 unspecified atom stereocenters. The maximum atomic E-state index is 13.1. The Balaban J connectivity index is 0.000000211. The van der Waals surface area contributed by atoms with Crippen molar-refractivity contribution >= 4 is 0 Å². The van der Waals surface area contributed by atoms with Gasteiger partial charge in [0.2, 0.25) is 0 Å². The van der Waals surface area contributed by atoms with Crippen molar-refractivity contribution in [2.24, 2.45) is 0 Å². The predicted octanol–water partition coefficient (Wildman–Crippen LogP) is 10.6. The smallest absolute Gasteiger partial charge is 0.419 e. The molecule has 0 amide bonds.